The fourth-order valence-electron chi connectivity index (χ4n) is 3.72. The van der Waals surface area contributed by atoms with E-state index in [-0.39, 0.29) is 6.04 Å². The van der Waals surface area contributed by atoms with Gasteiger partial charge in [-0.15, -0.1) is 0 Å². The zero-order valence-corrected chi connectivity index (χ0v) is 16.1. The summed E-state index contributed by atoms with van der Waals surface area (Å²) in [5.74, 6) is 0.721. The Labute approximate surface area is 164 Å². The quantitative estimate of drug-likeness (QED) is 0.587. The molecule has 0 bridgehead atoms. The number of fused-ring (bicyclic) bond motifs is 1. The topological polar surface area (TPSA) is 57.2 Å². The van der Waals surface area contributed by atoms with Crippen LogP contribution in [0.3, 0.4) is 0 Å². The second-order valence-electron chi connectivity index (χ2n) is 7.25. The number of halogens is 1. The molecule has 2 heterocycles. The average molecular weight is 382 g/mol. The second-order valence-corrected chi connectivity index (χ2v) is 7.69. The van der Waals surface area contributed by atoms with Crippen molar-refractivity contribution in [3.63, 3.8) is 0 Å². The Balaban J connectivity index is 1.74. The minimum absolute atomic E-state index is 0.0771. The normalized spacial score (nSPS) is 18.4. The predicted molar refractivity (Wildman–Crippen MR) is 112 cm³/mol. The molecule has 3 aromatic rings. The molecule has 0 amide bonds. The van der Waals surface area contributed by atoms with E-state index in [2.05, 4.69) is 29.7 Å². The Kier molecular flexibility index (Phi) is 5.30. The minimum atomic E-state index is -0.566. The van der Waals surface area contributed by atoms with Crippen molar-refractivity contribution in [1.29, 1.82) is 0 Å². The van der Waals surface area contributed by atoms with E-state index < -0.39 is 6.10 Å². The number of piperidine rings is 1. The first-order valence-corrected chi connectivity index (χ1v) is 9.83. The number of aromatic nitrogens is 1. The zero-order chi connectivity index (χ0) is 18.8. The number of rotatable bonds is 4. The number of nitrogens with one attached hydrogen (secondary N) is 2. The van der Waals surface area contributed by atoms with Crippen molar-refractivity contribution in [3.8, 4) is 0 Å². The van der Waals surface area contributed by atoms with Crippen molar-refractivity contribution in [2.45, 2.75) is 38.3 Å². The fourth-order valence-corrected chi connectivity index (χ4v) is 3.85. The first kappa shape index (κ1) is 18.2. The first-order valence-electron chi connectivity index (χ1n) is 9.45. The zero-order valence-electron chi connectivity index (χ0n) is 15.4. The van der Waals surface area contributed by atoms with E-state index in [1.807, 2.05) is 36.4 Å². The van der Waals surface area contributed by atoms with Crippen LogP contribution in [0.25, 0.3) is 10.9 Å². The molecular formula is C22H24ClN3O. The summed E-state index contributed by atoms with van der Waals surface area (Å²) in [4.78, 5) is 4.75. The van der Waals surface area contributed by atoms with Gasteiger partial charge in [-0.05, 0) is 74.3 Å². The van der Waals surface area contributed by atoms with Gasteiger partial charge in [-0.1, -0.05) is 29.7 Å². The van der Waals surface area contributed by atoms with Crippen LogP contribution in [0.2, 0.25) is 5.02 Å². The van der Waals surface area contributed by atoms with Crippen molar-refractivity contribution in [1.82, 2.24) is 10.3 Å². The number of hydrogen-bond acceptors (Lipinski definition) is 4. The second kappa shape index (κ2) is 7.85. The number of nitrogens with zero attached hydrogens (tertiary/aromatic N) is 1. The van der Waals surface area contributed by atoms with Crippen LogP contribution in [-0.4, -0.2) is 22.7 Å². The average Bonchev–Trinajstić information content (AvgIpc) is 2.69. The number of hydrogen-bond donors (Lipinski definition) is 3. The van der Waals surface area contributed by atoms with Crippen molar-refractivity contribution in [2.75, 3.05) is 11.9 Å². The monoisotopic (exact) mass is 381 g/mol. The highest BCUT2D eigenvalue weighted by Gasteiger charge is 2.25. The molecule has 4 rings (SSSR count). The summed E-state index contributed by atoms with van der Waals surface area (Å²) in [5.41, 5.74) is 3.87. The lowest BCUT2D eigenvalue weighted by atomic mass is 9.92. The molecule has 0 aliphatic carbocycles. The minimum Gasteiger partial charge on any atom is -0.387 e. The van der Waals surface area contributed by atoms with Crippen molar-refractivity contribution in [2.24, 2.45) is 0 Å². The Morgan fingerprint density at radius 3 is 2.70 bits per heavy atom. The first-order chi connectivity index (χ1) is 13.1. The van der Waals surface area contributed by atoms with E-state index in [1.165, 1.54) is 6.42 Å². The summed E-state index contributed by atoms with van der Waals surface area (Å²) in [7, 11) is 0. The summed E-state index contributed by atoms with van der Waals surface area (Å²) in [5, 5.41) is 19.6. The van der Waals surface area contributed by atoms with Gasteiger partial charge in [-0.2, -0.15) is 0 Å². The van der Waals surface area contributed by atoms with E-state index in [0.29, 0.717) is 5.02 Å². The smallest absolute Gasteiger partial charge is 0.131 e. The molecule has 0 saturated carbocycles. The molecule has 0 radical (unpaired) electrons. The van der Waals surface area contributed by atoms with E-state index >= 15 is 0 Å². The summed E-state index contributed by atoms with van der Waals surface area (Å²) < 4.78 is 0. The number of aryl methyl sites for hydroxylation is 1. The molecule has 140 valence electrons. The van der Waals surface area contributed by atoms with Gasteiger partial charge in [-0.25, -0.2) is 4.98 Å². The van der Waals surface area contributed by atoms with Crippen LogP contribution >= 0.6 is 11.6 Å². The van der Waals surface area contributed by atoms with Gasteiger partial charge in [0.15, 0.2) is 0 Å². The molecular weight excluding hydrogens is 358 g/mol. The van der Waals surface area contributed by atoms with Crippen LogP contribution in [0.1, 0.15) is 36.5 Å². The maximum Gasteiger partial charge on any atom is 0.131 e. The molecule has 1 aromatic heterocycles. The van der Waals surface area contributed by atoms with Crippen molar-refractivity contribution < 1.29 is 5.11 Å². The third-order valence-electron chi connectivity index (χ3n) is 5.16. The van der Waals surface area contributed by atoms with Crippen molar-refractivity contribution >= 4 is 34.0 Å². The molecule has 1 fully saturated rings. The Bertz CT molecular complexity index is 936. The standard InChI is InChI=1S/C22H24ClN3O/c1-14-5-10-19-17(12-14)18(22(27)20-4-2-3-11-24-20)13-21(26-19)25-16-8-6-15(23)7-9-16/h5-10,12-13,20,22,24,27H,2-4,11H2,1H3,(H,25,26). The van der Waals surface area contributed by atoms with Gasteiger partial charge in [0.2, 0.25) is 0 Å². The number of aliphatic hydroxyl groups excluding tert-OH is 1. The molecule has 1 aliphatic rings. The summed E-state index contributed by atoms with van der Waals surface area (Å²) in [6.45, 7) is 3.02. The summed E-state index contributed by atoms with van der Waals surface area (Å²) >= 11 is 5.98. The Hall–Kier alpha value is -2.14. The fraction of sp³-hybridized carbons (Fsp3) is 0.318. The lowest BCUT2D eigenvalue weighted by molar-refractivity contribution is 0.115. The molecule has 2 unspecified atom stereocenters. The van der Waals surface area contributed by atoms with Gasteiger partial charge in [0.05, 0.1) is 11.6 Å². The maximum absolute atomic E-state index is 11.1. The molecule has 2 atom stereocenters. The number of benzene rings is 2. The SMILES string of the molecule is Cc1ccc2nc(Nc3ccc(Cl)cc3)cc(C(O)C3CCCCN3)c2c1. The van der Waals surface area contributed by atoms with Crippen molar-refractivity contribution in [3.05, 3.63) is 64.7 Å². The highest BCUT2D eigenvalue weighted by Crippen LogP contribution is 2.32. The van der Waals surface area contributed by atoms with E-state index in [0.717, 1.165) is 52.9 Å². The maximum atomic E-state index is 11.1. The number of pyridine rings is 1. The molecule has 0 spiro atoms. The lowest BCUT2D eigenvalue weighted by Gasteiger charge is -2.29. The van der Waals surface area contributed by atoms with E-state index in [9.17, 15) is 5.11 Å². The van der Waals surface area contributed by atoms with E-state index in [4.69, 9.17) is 16.6 Å². The molecule has 1 saturated heterocycles. The molecule has 3 N–H and O–H groups in total. The summed E-state index contributed by atoms with van der Waals surface area (Å²) in [6, 6.07) is 15.7. The molecule has 5 heteroatoms. The Morgan fingerprint density at radius 1 is 1.15 bits per heavy atom. The van der Waals surface area contributed by atoms with Gasteiger partial charge in [-0.3, -0.25) is 0 Å². The third kappa shape index (κ3) is 4.08. The van der Waals surface area contributed by atoms with Crippen LogP contribution < -0.4 is 10.6 Å². The van der Waals surface area contributed by atoms with E-state index in [1.54, 1.807) is 0 Å². The Morgan fingerprint density at radius 2 is 1.96 bits per heavy atom. The lowest BCUT2D eigenvalue weighted by Crippen LogP contribution is -2.38. The highest BCUT2D eigenvalue weighted by atomic mass is 35.5. The molecule has 27 heavy (non-hydrogen) atoms. The van der Waals surface area contributed by atoms with Gasteiger partial charge in [0.1, 0.15) is 5.82 Å². The van der Waals surface area contributed by atoms with Crippen LogP contribution in [0.15, 0.2) is 48.5 Å². The third-order valence-corrected chi connectivity index (χ3v) is 5.41. The van der Waals surface area contributed by atoms with Crippen LogP contribution in [-0.2, 0) is 0 Å². The highest BCUT2D eigenvalue weighted by molar-refractivity contribution is 6.30. The van der Waals surface area contributed by atoms with Crippen LogP contribution in [0, 0.1) is 6.92 Å². The molecule has 4 nitrogen and oxygen atoms in total. The largest absolute Gasteiger partial charge is 0.387 e. The van der Waals surface area contributed by atoms with Gasteiger partial charge < -0.3 is 15.7 Å². The predicted octanol–water partition coefficient (Wildman–Crippen LogP) is 5.12. The van der Waals surface area contributed by atoms with Gasteiger partial charge in [0.25, 0.3) is 0 Å². The molecule has 1 aliphatic heterocycles. The number of aliphatic hydroxyl groups is 1. The molecule has 2 aromatic carbocycles. The summed E-state index contributed by atoms with van der Waals surface area (Å²) in [6.07, 6.45) is 2.73. The van der Waals surface area contributed by atoms with Gasteiger partial charge in [0, 0.05) is 22.1 Å². The van der Waals surface area contributed by atoms with Crippen LogP contribution in [0.5, 0.6) is 0 Å². The number of anilines is 2. The van der Waals surface area contributed by atoms with Gasteiger partial charge >= 0.3 is 0 Å². The van der Waals surface area contributed by atoms with Crippen LogP contribution in [0.4, 0.5) is 11.5 Å².